The number of phosphoric ester groups is 1. The Hall–Kier alpha value is -1.77. The molecule has 0 aromatic heterocycles. The molecule has 322 valence electrons. The first kappa shape index (κ1) is 53.2. The Morgan fingerprint density at radius 2 is 0.964 bits per heavy atom. The highest BCUT2D eigenvalue weighted by molar-refractivity contribution is 7.47. The first-order valence-corrected chi connectivity index (χ1v) is 24.0. The van der Waals surface area contributed by atoms with Gasteiger partial charge in [0.1, 0.15) is 6.61 Å². The summed E-state index contributed by atoms with van der Waals surface area (Å²) in [6.07, 6.45) is 46.1. The number of nitrogens with two attached hydrogens (primary N) is 1. The maximum atomic E-state index is 12.6. The molecule has 0 saturated carbocycles. The van der Waals surface area contributed by atoms with Gasteiger partial charge in [0, 0.05) is 19.4 Å². The van der Waals surface area contributed by atoms with Crippen molar-refractivity contribution in [3.05, 3.63) is 36.5 Å². The molecule has 10 heteroatoms. The highest BCUT2D eigenvalue weighted by Gasteiger charge is 2.26. The molecule has 0 spiro atoms. The van der Waals surface area contributed by atoms with Crippen LogP contribution in [-0.4, -0.2) is 49.3 Å². The lowest BCUT2D eigenvalue weighted by Crippen LogP contribution is -2.29. The molecule has 0 radical (unpaired) electrons. The quantitative estimate of drug-likeness (QED) is 0.0268. The van der Waals surface area contributed by atoms with Crippen molar-refractivity contribution < 1.29 is 37.6 Å². The summed E-state index contributed by atoms with van der Waals surface area (Å²) < 4.78 is 32.7. The number of carbonyl (C=O) groups is 2. The molecule has 3 N–H and O–H groups in total. The minimum absolute atomic E-state index is 0.0478. The summed E-state index contributed by atoms with van der Waals surface area (Å²) in [5.74, 6) is -0.883. The van der Waals surface area contributed by atoms with E-state index in [4.69, 9.17) is 24.3 Å². The Labute approximate surface area is 337 Å². The SMILES string of the molecule is CCCCCCCCC=CCC=CCC=CCCCC(=O)OC[C@H](COP(=O)(O)OCCN)OC(=O)CCCCCCCCCCCCCCCCCCC. The molecule has 0 aromatic carbocycles. The van der Waals surface area contributed by atoms with Gasteiger partial charge in [-0.25, -0.2) is 4.57 Å². The molecule has 0 aliphatic rings. The Morgan fingerprint density at radius 1 is 0.545 bits per heavy atom. The van der Waals surface area contributed by atoms with Crippen LogP contribution in [0.3, 0.4) is 0 Å². The Bertz CT molecular complexity index is 1000. The summed E-state index contributed by atoms with van der Waals surface area (Å²) in [5.41, 5.74) is 5.35. The molecule has 2 atom stereocenters. The zero-order chi connectivity index (χ0) is 40.3. The second kappa shape index (κ2) is 41.9. The number of unbranched alkanes of at least 4 members (excludes halogenated alkanes) is 23. The minimum atomic E-state index is -4.39. The summed E-state index contributed by atoms with van der Waals surface area (Å²) in [6.45, 7) is 3.69. The van der Waals surface area contributed by atoms with Gasteiger partial charge < -0.3 is 20.1 Å². The Kier molecular flexibility index (Phi) is 40.5. The van der Waals surface area contributed by atoms with E-state index >= 15 is 0 Å². The molecule has 0 amide bonds. The number of esters is 2. The van der Waals surface area contributed by atoms with Gasteiger partial charge in [-0.3, -0.25) is 18.6 Å². The number of hydrogen-bond acceptors (Lipinski definition) is 8. The van der Waals surface area contributed by atoms with Crippen LogP contribution in [-0.2, 0) is 32.7 Å². The third kappa shape index (κ3) is 41.7. The van der Waals surface area contributed by atoms with Gasteiger partial charge in [0.05, 0.1) is 13.2 Å². The summed E-state index contributed by atoms with van der Waals surface area (Å²) in [5, 5.41) is 0. The van der Waals surface area contributed by atoms with Gasteiger partial charge in [-0.1, -0.05) is 185 Å². The number of rotatable bonds is 42. The molecule has 1 unspecified atom stereocenters. The normalized spacial score (nSPS) is 13.6. The molecule has 0 fully saturated rings. The first-order chi connectivity index (χ1) is 26.8. The Balaban J connectivity index is 4.19. The van der Waals surface area contributed by atoms with E-state index in [2.05, 4.69) is 50.3 Å². The highest BCUT2D eigenvalue weighted by Crippen LogP contribution is 2.43. The van der Waals surface area contributed by atoms with Crippen LogP contribution in [0.25, 0.3) is 0 Å². The molecular weight excluding hydrogens is 713 g/mol. The number of ether oxygens (including phenoxy) is 2. The van der Waals surface area contributed by atoms with Gasteiger partial charge in [-0.15, -0.1) is 0 Å². The largest absolute Gasteiger partial charge is 0.472 e. The number of carbonyl (C=O) groups excluding carboxylic acids is 2. The number of allylic oxidation sites excluding steroid dienone is 6. The molecule has 0 bridgehead atoms. The second-order valence-electron chi connectivity index (χ2n) is 14.9. The predicted octanol–water partition coefficient (Wildman–Crippen LogP) is 12.9. The highest BCUT2D eigenvalue weighted by atomic mass is 31.2. The monoisotopic (exact) mass is 798 g/mol. The van der Waals surface area contributed by atoms with Crippen molar-refractivity contribution in [2.45, 2.75) is 213 Å². The van der Waals surface area contributed by atoms with E-state index in [1.54, 1.807) is 0 Å². The molecule has 0 aliphatic heterocycles. The predicted molar refractivity (Wildman–Crippen MR) is 229 cm³/mol. The fraction of sp³-hybridized carbons (Fsp3) is 0.822. The van der Waals surface area contributed by atoms with Gasteiger partial charge in [-0.05, 0) is 44.9 Å². The maximum absolute atomic E-state index is 12.6. The molecule has 55 heavy (non-hydrogen) atoms. The molecule has 0 saturated heterocycles. The van der Waals surface area contributed by atoms with Crippen molar-refractivity contribution in [2.24, 2.45) is 5.73 Å². The van der Waals surface area contributed by atoms with Crippen molar-refractivity contribution >= 4 is 19.8 Å². The van der Waals surface area contributed by atoms with Crippen LogP contribution in [0.4, 0.5) is 0 Å². The van der Waals surface area contributed by atoms with Crippen molar-refractivity contribution in [3.63, 3.8) is 0 Å². The number of phosphoric acid groups is 1. The van der Waals surface area contributed by atoms with E-state index in [-0.39, 0.29) is 32.6 Å². The molecule has 0 aromatic rings. The maximum Gasteiger partial charge on any atom is 0.472 e. The van der Waals surface area contributed by atoms with E-state index < -0.39 is 32.5 Å². The van der Waals surface area contributed by atoms with Crippen LogP contribution >= 0.6 is 7.82 Å². The molecule has 0 rings (SSSR count). The van der Waals surface area contributed by atoms with E-state index in [0.717, 1.165) is 44.9 Å². The topological polar surface area (TPSA) is 134 Å². The third-order valence-electron chi connectivity index (χ3n) is 9.53. The third-order valence-corrected chi connectivity index (χ3v) is 10.5. The van der Waals surface area contributed by atoms with Crippen LogP contribution in [0.5, 0.6) is 0 Å². The lowest BCUT2D eigenvalue weighted by molar-refractivity contribution is -0.161. The lowest BCUT2D eigenvalue weighted by Gasteiger charge is -2.19. The van der Waals surface area contributed by atoms with Gasteiger partial charge >= 0.3 is 19.8 Å². The van der Waals surface area contributed by atoms with Crippen molar-refractivity contribution in [1.82, 2.24) is 0 Å². The second-order valence-corrected chi connectivity index (χ2v) is 16.4. The lowest BCUT2D eigenvalue weighted by atomic mass is 10.0. The minimum Gasteiger partial charge on any atom is -0.462 e. The summed E-state index contributed by atoms with van der Waals surface area (Å²) in [4.78, 5) is 34.9. The smallest absolute Gasteiger partial charge is 0.462 e. The summed E-state index contributed by atoms with van der Waals surface area (Å²) in [7, 11) is -4.39. The fourth-order valence-electron chi connectivity index (χ4n) is 6.18. The fourth-order valence-corrected chi connectivity index (χ4v) is 6.95. The summed E-state index contributed by atoms with van der Waals surface area (Å²) >= 11 is 0. The molecular formula is C45H84NO8P. The first-order valence-electron chi connectivity index (χ1n) is 22.5. The van der Waals surface area contributed by atoms with Crippen LogP contribution in [0.1, 0.15) is 206 Å². The van der Waals surface area contributed by atoms with Gasteiger partial charge in [-0.2, -0.15) is 0 Å². The average molecular weight is 798 g/mol. The van der Waals surface area contributed by atoms with Crippen molar-refractivity contribution in [1.29, 1.82) is 0 Å². The van der Waals surface area contributed by atoms with E-state index in [1.165, 1.54) is 122 Å². The average Bonchev–Trinajstić information content (AvgIpc) is 3.17. The van der Waals surface area contributed by atoms with Crippen molar-refractivity contribution in [3.8, 4) is 0 Å². The van der Waals surface area contributed by atoms with E-state index in [0.29, 0.717) is 12.8 Å². The molecule has 9 nitrogen and oxygen atoms in total. The van der Waals surface area contributed by atoms with Gasteiger partial charge in [0.25, 0.3) is 0 Å². The standard InChI is InChI=1S/C45H84NO8P/c1-3-5-7-9-11-13-15-17-19-21-23-25-27-29-31-33-35-37-44(47)51-41-43(42-53-55(49,50)52-40-39-46)54-45(48)38-36-34-32-30-28-26-24-22-20-18-16-14-12-10-8-6-4-2/h17,19,23,25,29,31,43H,3-16,18,20-22,24,26-28,30,32-42,46H2,1-2H3,(H,49,50)/t43-/m1/s1. The number of hydrogen-bond donors (Lipinski definition) is 2. The van der Waals surface area contributed by atoms with Crippen LogP contribution in [0.15, 0.2) is 36.5 Å². The van der Waals surface area contributed by atoms with Crippen molar-refractivity contribution in [2.75, 3.05) is 26.4 Å². The molecule has 0 aliphatic carbocycles. The van der Waals surface area contributed by atoms with E-state index in [9.17, 15) is 19.0 Å². The Morgan fingerprint density at radius 3 is 1.45 bits per heavy atom. The van der Waals surface area contributed by atoms with Crippen LogP contribution in [0, 0.1) is 0 Å². The van der Waals surface area contributed by atoms with Crippen LogP contribution in [0.2, 0.25) is 0 Å². The van der Waals surface area contributed by atoms with Gasteiger partial charge in [0.15, 0.2) is 6.10 Å². The molecule has 0 heterocycles. The summed E-state index contributed by atoms with van der Waals surface area (Å²) in [6, 6.07) is 0. The van der Waals surface area contributed by atoms with E-state index in [1.807, 2.05) is 0 Å². The zero-order valence-corrected chi connectivity index (χ0v) is 36.3. The van der Waals surface area contributed by atoms with Crippen LogP contribution < -0.4 is 5.73 Å². The zero-order valence-electron chi connectivity index (χ0n) is 35.4. The van der Waals surface area contributed by atoms with Gasteiger partial charge in [0.2, 0.25) is 0 Å².